The molecule has 7 rings (SSSR count). The number of likely N-dealkylation sites (N-methyl/N-ethyl adjacent to an activating group) is 1. The van der Waals surface area contributed by atoms with Crippen molar-refractivity contribution in [3.05, 3.63) is 125 Å². The van der Waals surface area contributed by atoms with E-state index in [1.165, 1.54) is 14.0 Å². The Bertz CT molecular complexity index is 2750. The molecule has 0 spiro atoms. The van der Waals surface area contributed by atoms with E-state index in [0.717, 1.165) is 16.5 Å². The average molecular weight is 1120 g/mol. The van der Waals surface area contributed by atoms with Crippen molar-refractivity contribution < 1.29 is 67.2 Å². The van der Waals surface area contributed by atoms with Crippen LogP contribution < -0.4 is 0 Å². The van der Waals surface area contributed by atoms with E-state index in [0.29, 0.717) is 17.5 Å². The molecular formula is C63H85N3O15. The maximum absolute atomic E-state index is 15.0. The fourth-order valence-corrected chi connectivity index (χ4v) is 12.3. The third-order valence-electron chi connectivity index (χ3n) is 17.0. The fourth-order valence-electron chi connectivity index (χ4n) is 12.3. The van der Waals surface area contributed by atoms with E-state index in [1.807, 2.05) is 89.2 Å². The lowest BCUT2D eigenvalue weighted by atomic mass is 9.72. The van der Waals surface area contributed by atoms with E-state index in [4.69, 9.17) is 42.6 Å². The van der Waals surface area contributed by atoms with Crippen LogP contribution in [0.2, 0.25) is 0 Å². The molecule has 3 aliphatic heterocycles. The molecule has 0 aliphatic carbocycles. The lowest BCUT2D eigenvalue weighted by molar-refractivity contribution is -0.319. The number of cyclic esters (lactones) is 1. The monoisotopic (exact) mass is 1120 g/mol. The number of para-hydroxylation sites is 1. The summed E-state index contributed by atoms with van der Waals surface area (Å²) in [6.07, 6.45) is -4.58. The molecule has 3 aromatic carbocycles. The molecule has 0 bridgehead atoms. The smallest absolute Gasteiger partial charge is 0.338 e. The number of esters is 3. The Morgan fingerprint density at radius 2 is 1.44 bits per heavy atom. The number of hydrogen-bond donors (Lipinski definition) is 2. The van der Waals surface area contributed by atoms with E-state index in [-0.39, 0.29) is 25.9 Å². The summed E-state index contributed by atoms with van der Waals surface area (Å²) in [5.74, 6) is -5.63. The minimum Gasteiger partial charge on any atom is -0.459 e. The second kappa shape index (κ2) is 27.2. The zero-order valence-electron chi connectivity index (χ0n) is 49.2. The second-order valence-corrected chi connectivity index (χ2v) is 23.4. The van der Waals surface area contributed by atoms with Crippen molar-refractivity contribution in [1.29, 1.82) is 0 Å². The predicted octanol–water partition coefficient (Wildman–Crippen LogP) is 9.37. The van der Waals surface area contributed by atoms with Gasteiger partial charge in [-0.05, 0) is 123 Å². The zero-order valence-corrected chi connectivity index (χ0v) is 49.2. The average Bonchev–Trinajstić information content (AvgIpc) is 3.50. The van der Waals surface area contributed by atoms with Crippen LogP contribution in [0.5, 0.6) is 0 Å². The van der Waals surface area contributed by atoms with Crippen LogP contribution in [0.4, 0.5) is 0 Å². The maximum Gasteiger partial charge on any atom is 0.338 e. The van der Waals surface area contributed by atoms with E-state index in [1.54, 1.807) is 101 Å². The molecule has 1 aromatic heterocycles. The van der Waals surface area contributed by atoms with Gasteiger partial charge in [-0.15, -0.1) is 0 Å². The standard InChI is InChI=1S/C63H85N3O15/c1-14-49-63(10,71)54(67)39(4)51(65-72)37(2)34-62(9,74-31-23-24-43-33-46-29-21-22-30-47(46)64-36-43)55(81-60-53(48(66(11)12)32-38(3)75-60)79-58(69)44-25-17-15-18-26-44)40(5)52(41(6)57(68)77-49)78-50-35-61(8,73-13)56(42(7)76-50)80-59(70)45-27-19-16-20-28-45/h15-30,33,36-42,48-56,60,67,71H,14,31-32,34-35H2,1-13H3/t37-,38-,39+,40+,41-,42+,48+,49-,50?,51?,52+,53-,54-,55-,56+,60+,61-,62+,63-/m1/s1. The first-order valence-electron chi connectivity index (χ1n) is 28.4. The van der Waals surface area contributed by atoms with Crippen molar-refractivity contribution in [3.8, 4) is 0 Å². The molecular weight excluding hydrogens is 1040 g/mol. The number of aromatic nitrogens is 1. The molecule has 18 heteroatoms. The van der Waals surface area contributed by atoms with Crippen LogP contribution in [-0.4, -0.2) is 156 Å². The van der Waals surface area contributed by atoms with Gasteiger partial charge in [-0.3, -0.25) is 9.78 Å². The van der Waals surface area contributed by atoms with Crippen LogP contribution in [-0.2, 0) is 47.4 Å². The highest BCUT2D eigenvalue weighted by Gasteiger charge is 2.56. The van der Waals surface area contributed by atoms with Crippen LogP contribution in [0, 0.1) is 28.6 Å². The zero-order chi connectivity index (χ0) is 59.0. The van der Waals surface area contributed by atoms with Crippen LogP contribution >= 0.6 is 0 Å². The number of carbonyl (C=O) groups is 3. The van der Waals surface area contributed by atoms with Crippen molar-refractivity contribution in [2.24, 2.45) is 28.8 Å². The molecule has 4 heterocycles. The van der Waals surface area contributed by atoms with Crippen LogP contribution in [0.3, 0.4) is 0 Å². The summed E-state index contributed by atoms with van der Waals surface area (Å²) >= 11 is 0. The number of rotatable bonds is 16. The highest BCUT2D eigenvalue weighted by molar-refractivity contribution is 5.90. The van der Waals surface area contributed by atoms with Gasteiger partial charge in [-0.1, -0.05) is 99.6 Å². The molecule has 3 aliphatic rings. The third kappa shape index (κ3) is 14.6. The largest absolute Gasteiger partial charge is 0.459 e. The molecule has 3 fully saturated rings. The highest BCUT2D eigenvalue weighted by Crippen LogP contribution is 2.44. The van der Waals surface area contributed by atoms with E-state index >= 15 is 4.79 Å². The first kappa shape index (κ1) is 63.0. The number of ether oxygens (including phenoxy) is 9. The lowest BCUT2D eigenvalue weighted by Gasteiger charge is -2.51. The molecule has 81 heavy (non-hydrogen) atoms. The van der Waals surface area contributed by atoms with Crippen molar-refractivity contribution in [2.75, 3.05) is 27.8 Å². The summed E-state index contributed by atoms with van der Waals surface area (Å²) in [4.78, 5) is 62.7. The normalized spacial score (nSPS) is 36.4. The van der Waals surface area contributed by atoms with Gasteiger partial charge in [0.15, 0.2) is 24.8 Å². The Hall–Kier alpha value is -5.54. The first-order valence-corrected chi connectivity index (χ1v) is 28.4. The van der Waals surface area contributed by atoms with Crippen molar-refractivity contribution >= 4 is 34.9 Å². The van der Waals surface area contributed by atoms with Crippen LogP contribution in [0.1, 0.15) is 121 Å². The van der Waals surface area contributed by atoms with Gasteiger partial charge in [0.25, 0.3) is 0 Å². The number of nitroso groups, excluding NO2 is 1. The number of hydrogen-bond acceptors (Lipinski definition) is 18. The Morgan fingerprint density at radius 3 is 2.06 bits per heavy atom. The van der Waals surface area contributed by atoms with Gasteiger partial charge in [0.05, 0.1) is 77.4 Å². The van der Waals surface area contributed by atoms with Gasteiger partial charge in [0, 0.05) is 36.9 Å². The Balaban J connectivity index is 1.37. The topological polar surface area (TPSA) is 220 Å². The number of nitrogens with zero attached hydrogens (tertiary/aromatic N) is 3. The van der Waals surface area contributed by atoms with Gasteiger partial charge in [0.1, 0.15) is 17.3 Å². The number of aliphatic hydroxyl groups excluding tert-OH is 1. The predicted molar refractivity (Wildman–Crippen MR) is 305 cm³/mol. The highest BCUT2D eigenvalue weighted by atomic mass is 16.7. The minimum absolute atomic E-state index is 0.0107. The molecule has 442 valence electrons. The molecule has 19 atom stereocenters. The summed E-state index contributed by atoms with van der Waals surface area (Å²) < 4.78 is 60.2. The summed E-state index contributed by atoms with van der Waals surface area (Å²) in [7, 11) is 5.31. The second-order valence-electron chi connectivity index (χ2n) is 23.4. The summed E-state index contributed by atoms with van der Waals surface area (Å²) in [6.45, 7) is 17.4. The van der Waals surface area contributed by atoms with Gasteiger partial charge in [0.2, 0.25) is 0 Å². The molecule has 2 unspecified atom stereocenters. The minimum atomic E-state index is -2.05. The number of carbonyl (C=O) groups excluding carboxylic acids is 3. The number of aliphatic hydroxyl groups is 2. The van der Waals surface area contributed by atoms with E-state index in [2.05, 4.69) is 10.2 Å². The quantitative estimate of drug-likeness (QED) is 0.0606. The molecule has 3 saturated heterocycles. The SMILES string of the molecule is CC[C@H]1OC(=O)[C@H](C)[C@@H](OC2C[C@@](C)(OC)[C@@H](OC(=O)c3ccccc3)[C@H](C)O2)[C@H](C)[C@@H](O[C@@H]2O[C@H](C)C[C@H](N(C)C)[C@H]2OC(=O)c2ccccc2)[C@@](C)(OCC=Cc2cnc3ccccc3c2)C[C@@H](C)C(N=O)[C@H](C)[C@@H](O)[C@]1(C)O. The van der Waals surface area contributed by atoms with Gasteiger partial charge >= 0.3 is 17.9 Å². The van der Waals surface area contributed by atoms with Gasteiger partial charge in [-0.2, -0.15) is 4.91 Å². The van der Waals surface area contributed by atoms with Gasteiger partial charge in [-0.25, -0.2) is 9.59 Å². The lowest BCUT2D eigenvalue weighted by Crippen LogP contribution is -2.62. The fraction of sp³-hybridized carbons (Fsp3) is 0.587. The number of benzene rings is 3. The van der Waals surface area contributed by atoms with Gasteiger partial charge < -0.3 is 57.7 Å². The molecule has 2 N–H and O–H groups in total. The summed E-state index contributed by atoms with van der Waals surface area (Å²) in [5, 5.41) is 28.9. The van der Waals surface area contributed by atoms with E-state index in [9.17, 15) is 24.7 Å². The van der Waals surface area contributed by atoms with Crippen molar-refractivity contribution in [3.63, 3.8) is 0 Å². The Morgan fingerprint density at radius 1 is 0.815 bits per heavy atom. The van der Waals surface area contributed by atoms with Crippen LogP contribution in [0.15, 0.2) is 108 Å². The van der Waals surface area contributed by atoms with Crippen molar-refractivity contribution in [1.82, 2.24) is 9.88 Å². The summed E-state index contributed by atoms with van der Waals surface area (Å²) in [5.41, 5.74) is -2.38. The summed E-state index contributed by atoms with van der Waals surface area (Å²) in [6, 6.07) is 25.5. The van der Waals surface area contributed by atoms with E-state index < -0.39 is 132 Å². The molecule has 0 amide bonds. The van der Waals surface area contributed by atoms with Crippen LogP contribution in [0.25, 0.3) is 17.0 Å². The maximum atomic E-state index is 15.0. The Kier molecular flexibility index (Phi) is 21.2. The first-order chi connectivity index (χ1) is 38.4. The number of methoxy groups -OCH3 is 1. The van der Waals surface area contributed by atoms with Crippen molar-refractivity contribution in [2.45, 2.75) is 185 Å². The number of fused-ring (bicyclic) bond motifs is 1. The Labute approximate surface area is 477 Å². The molecule has 0 radical (unpaired) electrons. The molecule has 4 aromatic rings. The molecule has 18 nitrogen and oxygen atoms in total. The third-order valence-corrected chi connectivity index (χ3v) is 17.0. The number of pyridine rings is 1. The molecule has 0 saturated carbocycles.